The molecule has 5 nitrogen and oxygen atoms in total. The van der Waals surface area contributed by atoms with Crippen LogP contribution in [0.5, 0.6) is 0 Å². The zero-order valence-electron chi connectivity index (χ0n) is 10.3. The molecule has 0 saturated carbocycles. The number of anilines is 1. The van der Waals surface area contributed by atoms with E-state index in [9.17, 15) is 4.79 Å². The van der Waals surface area contributed by atoms with Crippen molar-refractivity contribution in [2.45, 2.75) is 12.5 Å². The number of hydrogen-bond donors (Lipinski definition) is 3. The van der Waals surface area contributed by atoms with Gasteiger partial charge in [0, 0.05) is 36.5 Å². The maximum absolute atomic E-state index is 11.8. The van der Waals surface area contributed by atoms with Crippen LogP contribution in [0.3, 0.4) is 0 Å². The SMILES string of the molecule is COCCC(N)C(=O)Nc1ccc2[nH]ccc2c1. The molecule has 0 spiro atoms. The lowest BCUT2D eigenvalue weighted by molar-refractivity contribution is -0.117. The topological polar surface area (TPSA) is 80.1 Å². The van der Waals surface area contributed by atoms with Crippen molar-refractivity contribution >= 4 is 22.5 Å². The van der Waals surface area contributed by atoms with Crippen molar-refractivity contribution < 1.29 is 9.53 Å². The molecule has 4 N–H and O–H groups in total. The van der Waals surface area contributed by atoms with Crippen molar-refractivity contribution in [3.8, 4) is 0 Å². The normalized spacial score (nSPS) is 12.6. The number of aromatic nitrogens is 1. The van der Waals surface area contributed by atoms with Gasteiger partial charge in [0.25, 0.3) is 0 Å². The highest BCUT2D eigenvalue weighted by atomic mass is 16.5. The summed E-state index contributed by atoms with van der Waals surface area (Å²) in [7, 11) is 1.59. The average molecular weight is 247 g/mol. The summed E-state index contributed by atoms with van der Waals surface area (Å²) in [6.07, 6.45) is 2.37. The molecule has 5 heteroatoms. The van der Waals surface area contributed by atoms with E-state index < -0.39 is 6.04 Å². The van der Waals surface area contributed by atoms with E-state index in [-0.39, 0.29) is 5.91 Å². The third-order valence-corrected chi connectivity index (χ3v) is 2.79. The third kappa shape index (κ3) is 2.88. The van der Waals surface area contributed by atoms with Crippen LogP contribution in [-0.4, -0.2) is 30.6 Å². The van der Waals surface area contributed by atoms with Crippen LogP contribution in [0.1, 0.15) is 6.42 Å². The van der Waals surface area contributed by atoms with E-state index in [1.807, 2.05) is 30.5 Å². The smallest absolute Gasteiger partial charge is 0.241 e. The van der Waals surface area contributed by atoms with Gasteiger partial charge in [0.1, 0.15) is 0 Å². The number of H-pyrrole nitrogens is 1. The lowest BCUT2D eigenvalue weighted by atomic mass is 10.2. The number of benzene rings is 1. The predicted molar refractivity (Wildman–Crippen MR) is 71.4 cm³/mol. The van der Waals surface area contributed by atoms with E-state index in [0.717, 1.165) is 16.6 Å². The Balaban J connectivity index is 2.01. The molecule has 1 unspecified atom stereocenters. The number of carbonyl (C=O) groups is 1. The number of fused-ring (bicyclic) bond motifs is 1. The molecule has 0 aliphatic carbocycles. The maximum atomic E-state index is 11.8. The van der Waals surface area contributed by atoms with E-state index in [1.165, 1.54) is 0 Å². The Morgan fingerprint density at radius 2 is 2.33 bits per heavy atom. The Labute approximate surface area is 105 Å². The summed E-state index contributed by atoms with van der Waals surface area (Å²) in [5.41, 5.74) is 7.53. The van der Waals surface area contributed by atoms with E-state index in [0.29, 0.717) is 13.0 Å². The standard InChI is InChI=1S/C13H17N3O2/c1-18-7-5-11(14)13(17)16-10-2-3-12-9(8-10)4-6-15-12/h2-4,6,8,11,15H,5,7,14H2,1H3,(H,16,17). The van der Waals surface area contributed by atoms with E-state index >= 15 is 0 Å². The van der Waals surface area contributed by atoms with Crippen LogP contribution < -0.4 is 11.1 Å². The molecule has 0 aliphatic rings. The molecule has 1 amide bonds. The van der Waals surface area contributed by atoms with Crippen LogP contribution >= 0.6 is 0 Å². The van der Waals surface area contributed by atoms with Crippen molar-refractivity contribution in [3.05, 3.63) is 30.5 Å². The van der Waals surface area contributed by atoms with E-state index in [4.69, 9.17) is 10.5 Å². The number of rotatable bonds is 5. The molecule has 1 atom stereocenters. The Bertz CT molecular complexity index is 536. The zero-order chi connectivity index (χ0) is 13.0. The number of ether oxygens (including phenoxy) is 1. The fraction of sp³-hybridized carbons (Fsp3) is 0.308. The van der Waals surface area contributed by atoms with E-state index in [2.05, 4.69) is 10.3 Å². The van der Waals surface area contributed by atoms with Crippen molar-refractivity contribution in [1.82, 2.24) is 4.98 Å². The molecule has 0 saturated heterocycles. The molecule has 2 rings (SSSR count). The molecule has 0 radical (unpaired) electrons. The third-order valence-electron chi connectivity index (χ3n) is 2.79. The number of hydrogen-bond acceptors (Lipinski definition) is 3. The second-order valence-electron chi connectivity index (χ2n) is 4.16. The minimum atomic E-state index is -0.549. The first-order chi connectivity index (χ1) is 8.70. The van der Waals surface area contributed by atoms with Gasteiger partial charge >= 0.3 is 0 Å². The minimum absolute atomic E-state index is 0.193. The Morgan fingerprint density at radius 1 is 1.50 bits per heavy atom. The van der Waals surface area contributed by atoms with Crippen LogP contribution in [0.2, 0.25) is 0 Å². The molecular weight excluding hydrogens is 230 g/mol. The van der Waals surface area contributed by atoms with Gasteiger partial charge in [-0.2, -0.15) is 0 Å². The first-order valence-electron chi connectivity index (χ1n) is 5.83. The molecular formula is C13H17N3O2. The quantitative estimate of drug-likeness (QED) is 0.748. The van der Waals surface area contributed by atoms with Crippen LogP contribution in [0.15, 0.2) is 30.5 Å². The van der Waals surface area contributed by atoms with Gasteiger partial charge in [0.2, 0.25) is 5.91 Å². The summed E-state index contributed by atoms with van der Waals surface area (Å²) in [4.78, 5) is 14.9. The highest BCUT2D eigenvalue weighted by Gasteiger charge is 2.13. The maximum Gasteiger partial charge on any atom is 0.241 e. The largest absolute Gasteiger partial charge is 0.385 e. The molecule has 1 heterocycles. The van der Waals surface area contributed by atoms with Gasteiger partial charge in [0.15, 0.2) is 0 Å². The summed E-state index contributed by atoms with van der Waals surface area (Å²) in [5.74, 6) is -0.193. The van der Waals surface area contributed by atoms with Crippen molar-refractivity contribution in [1.29, 1.82) is 0 Å². The van der Waals surface area contributed by atoms with Gasteiger partial charge in [-0.1, -0.05) is 0 Å². The molecule has 1 aromatic carbocycles. The predicted octanol–water partition coefficient (Wildman–Crippen LogP) is 1.47. The number of carbonyl (C=O) groups excluding carboxylic acids is 1. The fourth-order valence-electron chi connectivity index (χ4n) is 1.74. The molecule has 0 fully saturated rings. The van der Waals surface area contributed by atoms with Gasteiger partial charge in [0.05, 0.1) is 6.04 Å². The summed E-state index contributed by atoms with van der Waals surface area (Å²) in [6.45, 7) is 0.478. The lowest BCUT2D eigenvalue weighted by Gasteiger charge is -2.11. The van der Waals surface area contributed by atoms with Gasteiger partial charge in [-0.15, -0.1) is 0 Å². The number of aromatic amines is 1. The Hall–Kier alpha value is -1.85. The average Bonchev–Trinajstić information content (AvgIpc) is 2.83. The fourth-order valence-corrected chi connectivity index (χ4v) is 1.74. The summed E-state index contributed by atoms with van der Waals surface area (Å²) in [6, 6.07) is 7.08. The summed E-state index contributed by atoms with van der Waals surface area (Å²) >= 11 is 0. The van der Waals surface area contributed by atoms with Crippen LogP contribution in [0, 0.1) is 0 Å². The number of methoxy groups -OCH3 is 1. The molecule has 18 heavy (non-hydrogen) atoms. The van der Waals surface area contributed by atoms with Crippen LogP contribution in [0.25, 0.3) is 10.9 Å². The number of nitrogens with one attached hydrogen (secondary N) is 2. The van der Waals surface area contributed by atoms with Gasteiger partial charge in [-0.3, -0.25) is 4.79 Å². The zero-order valence-corrected chi connectivity index (χ0v) is 10.3. The lowest BCUT2D eigenvalue weighted by Crippen LogP contribution is -2.36. The van der Waals surface area contributed by atoms with Gasteiger partial charge in [-0.25, -0.2) is 0 Å². The summed E-state index contributed by atoms with van der Waals surface area (Å²) in [5, 5.41) is 3.85. The second kappa shape index (κ2) is 5.66. The minimum Gasteiger partial charge on any atom is -0.385 e. The number of nitrogens with two attached hydrogens (primary N) is 1. The second-order valence-corrected chi connectivity index (χ2v) is 4.16. The van der Waals surface area contributed by atoms with Gasteiger partial charge < -0.3 is 20.8 Å². The van der Waals surface area contributed by atoms with Crippen LogP contribution in [0.4, 0.5) is 5.69 Å². The Kier molecular flexibility index (Phi) is 3.96. The molecule has 0 bridgehead atoms. The van der Waals surface area contributed by atoms with Crippen molar-refractivity contribution in [3.63, 3.8) is 0 Å². The molecule has 96 valence electrons. The van der Waals surface area contributed by atoms with Crippen LogP contribution in [-0.2, 0) is 9.53 Å². The highest BCUT2D eigenvalue weighted by molar-refractivity contribution is 5.96. The van der Waals surface area contributed by atoms with Crippen molar-refractivity contribution in [2.75, 3.05) is 19.0 Å². The van der Waals surface area contributed by atoms with Crippen molar-refractivity contribution in [2.24, 2.45) is 5.73 Å². The molecule has 2 aromatic rings. The first kappa shape index (κ1) is 12.6. The highest BCUT2D eigenvalue weighted by Crippen LogP contribution is 2.17. The number of amides is 1. The first-order valence-corrected chi connectivity index (χ1v) is 5.83. The molecule has 1 aromatic heterocycles. The monoisotopic (exact) mass is 247 g/mol. The van der Waals surface area contributed by atoms with E-state index in [1.54, 1.807) is 7.11 Å². The van der Waals surface area contributed by atoms with Gasteiger partial charge in [-0.05, 0) is 30.7 Å². The Morgan fingerprint density at radius 3 is 3.11 bits per heavy atom. The molecule has 0 aliphatic heterocycles. The summed E-state index contributed by atoms with van der Waals surface area (Å²) < 4.78 is 4.90.